The summed E-state index contributed by atoms with van der Waals surface area (Å²) in [6.45, 7) is 6.98. The standard InChI is InChI=1S/C22H22F3N5O2/c1-12(2)20(31)28-16-7-5-13(3)18(9-16)29-21(32)17-11-27-30(14(17)4)19-8-6-15(10-26-19)22(23,24)25/h5-12H,1-4H3,(H,28,31)(H,29,32). The number of benzene rings is 1. The molecule has 0 aliphatic rings. The second kappa shape index (κ2) is 8.81. The molecule has 2 heterocycles. The fourth-order valence-electron chi connectivity index (χ4n) is 2.85. The SMILES string of the molecule is Cc1ccc(NC(=O)C(C)C)cc1NC(=O)c1cnn(-c2ccc(C(F)(F)F)cn2)c1C. The van der Waals surface area contributed by atoms with Crippen molar-refractivity contribution in [3.05, 3.63) is 65.1 Å². The Kier molecular flexibility index (Phi) is 6.33. The number of carbonyl (C=O) groups excluding carboxylic acids is 2. The Balaban J connectivity index is 1.81. The molecule has 0 atom stereocenters. The van der Waals surface area contributed by atoms with Crippen molar-refractivity contribution in [1.29, 1.82) is 0 Å². The van der Waals surface area contributed by atoms with E-state index in [9.17, 15) is 22.8 Å². The molecule has 0 unspecified atom stereocenters. The van der Waals surface area contributed by atoms with E-state index < -0.39 is 17.6 Å². The Bertz CT molecular complexity index is 1150. The molecule has 3 rings (SSSR count). The number of aryl methyl sites for hydroxylation is 1. The van der Waals surface area contributed by atoms with Crippen LogP contribution in [-0.4, -0.2) is 26.6 Å². The van der Waals surface area contributed by atoms with Gasteiger partial charge in [-0.05, 0) is 43.7 Å². The largest absolute Gasteiger partial charge is 0.417 e. The molecule has 0 radical (unpaired) electrons. The number of rotatable bonds is 5. The number of halogens is 3. The van der Waals surface area contributed by atoms with Crippen molar-refractivity contribution in [2.24, 2.45) is 5.92 Å². The summed E-state index contributed by atoms with van der Waals surface area (Å²) in [5.74, 6) is -0.630. The summed E-state index contributed by atoms with van der Waals surface area (Å²) in [7, 11) is 0. The van der Waals surface area contributed by atoms with E-state index in [1.54, 1.807) is 39.0 Å². The third-order valence-electron chi connectivity index (χ3n) is 4.82. The maximum Gasteiger partial charge on any atom is 0.417 e. The van der Waals surface area contributed by atoms with E-state index in [1.165, 1.54) is 16.9 Å². The van der Waals surface area contributed by atoms with Gasteiger partial charge in [0.15, 0.2) is 5.82 Å². The van der Waals surface area contributed by atoms with E-state index in [0.29, 0.717) is 17.1 Å². The van der Waals surface area contributed by atoms with Crippen LogP contribution in [-0.2, 0) is 11.0 Å². The van der Waals surface area contributed by atoms with Crippen LogP contribution in [0.15, 0.2) is 42.7 Å². The fourth-order valence-corrected chi connectivity index (χ4v) is 2.85. The van der Waals surface area contributed by atoms with E-state index >= 15 is 0 Å². The molecule has 0 fully saturated rings. The van der Waals surface area contributed by atoms with E-state index in [1.807, 2.05) is 6.92 Å². The van der Waals surface area contributed by atoms with Crippen LogP contribution in [0.3, 0.4) is 0 Å². The summed E-state index contributed by atoms with van der Waals surface area (Å²) in [4.78, 5) is 28.6. The van der Waals surface area contributed by atoms with Crippen LogP contribution in [0.25, 0.3) is 5.82 Å². The molecule has 0 bridgehead atoms. The van der Waals surface area contributed by atoms with E-state index in [2.05, 4.69) is 20.7 Å². The van der Waals surface area contributed by atoms with Crippen LogP contribution in [0.1, 0.15) is 41.0 Å². The van der Waals surface area contributed by atoms with Gasteiger partial charge >= 0.3 is 6.18 Å². The minimum atomic E-state index is -4.49. The smallest absolute Gasteiger partial charge is 0.326 e. The molecular weight excluding hydrogens is 423 g/mol. The number of amides is 2. The lowest BCUT2D eigenvalue weighted by molar-refractivity contribution is -0.137. The highest BCUT2D eigenvalue weighted by atomic mass is 19.4. The molecule has 32 heavy (non-hydrogen) atoms. The minimum Gasteiger partial charge on any atom is -0.326 e. The van der Waals surface area contributed by atoms with Crippen molar-refractivity contribution in [3.63, 3.8) is 0 Å². The summed E-state index contributed by atoms with van der Waals surface area (Å²) in [5, 5.41) is 9.66. The van der Waals surface area contributed by atoms with E-state index in [-0.39, 0.29) is 23.2 Å². The predicted octanol–water partition coefficient (Wildman–Crippen LogP) is 4.75. The van der Waals surface area contributed by atoms with Crippen molar-refractivity contribution in [2.45, 2.75) is 33.9 Å². The third kappa shape index (κ3) is 4.96. The molecule has 2 aromatic heterocycles. The maximum absolute atomic E-state index is 12.8. The molecule has 2 N–H and O–H groups in total. The first-order chi connectivity index (χ1) is 15.0. The van der Waals surface area contributed by atoms with Crippen LogP contribution in [0.4, 0.5) is 24.5 Å². The number of nitrogens with one attached hydrogen (secondary N) is 2. The molecule has 7 nitrogen and oxygen atoms in total. The number of anilines is 2. The van der Waals surface area contributed by atoms with Crippen LogP contribution in [0, 0.1) is 19.8 Å². The lowest BCUT2D eigenvalue weighted by Gasteiger charge is -2.13. The average molecular weight is 445 g/mol. The number of aromatic nitrogens is 3. The van der Waals surface area contributed by atoms with Gasteiger partial charge in [-0.2, -0.15) is 18.3 Å². The zero-order valence-electron chi connectivity index (χ0n) is 17.9. The van der Waals surface area contributed by atoms with Gasteiger partial charge in [0.2, 0.25) is 5.91 Å². The van der Waals surface area contributed by atoms with E-state index in [4.69, 9.17) is 0 Å². The first kappa shape index (κ1) is 23.0. The lowest BCUT2D eigenvalue weighted by atomic mass is 10.1. The highest BCUT2D eigenvalue weighted by molar-refractivity contribution is 6.05. The van der Waals surface area contributed by atoms with Crippen LogP contribution < -0.4 is 10.6 Å². The van der Waals surface area contributed by atoms with Gasteiger partial charge in [0.1, 0.15) is 0 Å². The molecule has 1 aromatic carbocycles. The van der Waals surface area contributed by atoms with E-state index in [0.717, 1.165) is 17.8 Å². The van der Waals surface area contributed by atoms with Crippen molar-refractivity contribution >= 4 is 23.2 Å². The Morgan fingerprint density at radius 1 is 1.03 bits per heavy atom. The van der Waals surface area contributed by atoms with Gasteiger partial charge in [0.05, 0.1) is 23.0 Å². The van der Waals surface area contributed by atoms with Crippen LogP contribution in [0.2, 0.25) is 0 Å². The molecular formula is C22H22F3N5O2. The van der Waals surface area contributed by atoms with Gasteiger partial charge in [-0.3, -0.25) is 9.59 Å². The van der Waals surface area contributed by atoms with Crippen LogP contribution in [0.5, 0.6) is 0 Å². The predicted molar refractivity (Wildman–Crippen MR) is 114 cm³/mol. The molecule has 168 valence electrons. The van der Waals surface area contributed by atoms with Crippen molar-refractivity contribution in [1.82, 2.24) is 14.8 Å². The van der Waals surface area contributed by atoms with Gasteiger partial charge in [-0.1, -0.05) is 19.9 Å². The van der Waals surface area contributed by atoms with Gasteiger partial charge in [0, 0.05) is 23.5 Å². The third-order valence-corrected chi connectivity index (χ3v) is 4.82. The molecule has 0 aliphatic heterocycles. The second-order valence-electron chi connectivity index (χ2n) is 7.59. The zero-order chi connectivity index (χ0) is 23.6. The number of alkyl halides is 3. The van der Waals surface area contributed by atoms with Crippen molar-refractivity contribution in [2.75, 3.05) is 10.6 Å². The second-order valence-corrected chi connectivity index (χ2v) is 7.59. The molecule has 0 saturated carbocycles. The number of hydrogen-bond acceptors (Lipinski definition) is 4. The van der Waals surface area contributed by atoms with Crippen molar-refractivity contribution < 1.29 is 22.8 Å². The highest BCUT2D eigenvalue weighted by Crippen LogP contribution is 2.29. The first-order valence-electron chi connectivity index (χ1n) is 9.78. The summed E-state index contributed by atoms with van der Waals surface area (Å²) in [6.07, 6.45) is -2.45. The van der Waals surface area contributed by atoms with Gasteiger partial charge in [-0.25, -0.2) is 9.67 Å². The summed E-state index contributed by atoms with van der Waals surface area (Å²) in [6, 6.07) is 7.27. The normalized spacial score (nSPS) is 11.5. The first-order valence-corrected chi connectivity index (χ1v) is 9.78. The molecule has 10 heteroatoms. The highest BCUT2D eigenvalue weighted by Gasteiger charge is 2.30. The fraction of sp³-hybridized carbons (Fsp3) is 0.273. The molecule has 0 saturated heterocycles. The average Bonchev–Trinajstić information content (AvgIpc) is 3.11. The minimum absolute atomic E-state index is 0.146. The lowest BCUT2D eigenvalue weighted by Crippen LogP contribution is -2.18. The Morgan fingerprint density at radius 2 is 1.75 bits per heavy atom. The quantitative estimate of drug-likeness (QED) is 0.593. The monoisotopic (exact) mass is 445 g/mol. The summed E-state index contributed by atoms with van der Waals surface area (Å²) in [5.41, 5.74) is 1.63. The molecule has 0 aliphatic carbocycles. The summed E-state index contributed by atoms with van der Waals surface area (Å²) >= 11 is 0. The maximum atomic E-state index is 12.8. The topological polar surface area (TPSA) is 88.9 Å². The number of hydrogen-bond donors (Lipinski definition) is 2. The number of carbonyl (C=O) groups is 2. The zero-order valence-corrected chi connectivity index (χ0v) is 17.9. The van der Waals surface area contributed by atoms with Gasteiger partial charge in [-0.15, -0.1) is 0 Å². The van der Waals surface area contributed by atoms with Crippen LogP contribution >= 0.6 is 0 Å². The van der Waals surface area contributed by atoms with Gasteiger partial charge in [0.25, 0.3) is 5.91 Å². The van der Waals surface area contributed by atoms with Gasteiger partial charge < -0.3 is 10.6 Å². The molecule has 2 amide bonds. The molecule has 3 aromatic rings. The Morgan fingerprint density at radius 3 is 2.34 bits per heavy atom. The summed E-state index contributed by atoms with van der Waals surface area (Å²) < 4.78 is 39.5. The number of nitrogens with zero attached hydrogens (tertiary/aromatic N) is 3. The molecule has 0 spiro atoms. The Hall–Kier alpha value is -3.69. The number of pyridine rings is 1. The Labute approximate surface area is 182 Å². The van der Waals surface area contributed by atoms with Crippen molar-refractivity contribution in [3.8, 4) is 5.82 Å².